The third kappa shape index (κ3) is 2.49. The molecule has 4 nitrogen and oxygen atoms in total. The van der Waals surface area contributed by atoms with Gasteiger partial charge in [0.05, 0.1) is 0 Å². The van der Waals surface area contributed by atoms with Crippen molar-refractivity contribution in [3.05, 3.63) is 0 Å². The summed E-state index contributed by atoms with van der Waals surface area (Å²) >= 11 is 1.05. The van der Waals surface area contributed by atoms with Gasteiger partial charge < -0.3 is 5.32 Å². The minimum absolute atomic E-state index is 0.182. The van der Waals surface area contributed by atoms with Gasteiger partial charge in [0.2, 0.25) is 5.91 Å². The second kappa shape index (κ2) is 3.91. The number of thioether (sulfide) groups is 1. The molecular weight excluding hydrogens is 176 g/mol. The lowest BCUT2D eigenvalue weighted by molar-refractivity contribution is -0.118. The van der Waals surface area contributed by atoms with Gasteiger partial charge in [0.15, 0.2) is 0 Å². The van der Waals surface area contributed by atoms with Crippen LogP contribution < -0.4 is 10.6 Å². The van der Waals surface area contributed by atoms with Crippen LogP contribution in [-0.4, -0.2) is 29.0 Å². The SMILES string of the molecule is CC(C)NCC1SC(=O)NC1=O. The van der Waals surface area contributed by atoms with E-state index < -0.39 is 0 Å². The van der Waals surface area contributed by atoms with E-state index in [0.717, 1.165) is 11.8 Å². The Bertz CT molecular complexity index is 206. The van der Waals surface area contributed by atoms with Crippen molar-refractivity contribution in [3.63, 3.8) is 0 Å². The lowest BCUT2D eigenvalue weighted by Gasteiger charge is -2.09. The van der Waals surface area contributed by atoms with Crippen LogP contribution in [0.15, 0.2) is 0 Å². The molecule has 12 heavy (non-hydrogen) atoms. The van der Waals surface area contributed by atoms with Crippen LogP contribution in [0.3, 0.4) is 0 Å². The fraction of sp³-hybridized carbons (Fsp3) is 0.714. The predicted octanol–water partition coefficient (Wildman–Crippen LogP) is 0.336. The third-order valence-electron chi connectivity index (χ3n) is 1.48. The molecule has 0 saturated carbocycles. The average molecular weight is 188 g/mol. The molecule has 1 unspecified atom stereocenters. The average Bonchev–Trinajstić information content (AvgIpc) is 2.26. The van der Waals surface area contributed by atoms with Gasteiger partial charge in [-0.1, -0.05) is 13.8 Å². The molecule has 1 aliphatic heterocycles. The molecule has 0 aliphatic carbocycles. The maximum Gasteiger partial charge on any atom is 0.286 e. The molecule has 0 spiro atoms. The largest absolute Gasteiger partial charge is 0.313 e. The molecule has 1 heterocycles. The van der Waals surface area contributed by atoms with Crippen molar-refractivity contribution in [1.82, 2.24) is 10.6 Å². The van der Waals surface area contributed by atoms with Crippen molar-refractivity contribution in [3.8, 4) is 0 Å². The molecule has 2 amide bonds. The molecule has 1 rings (SSSR count). The first-order valence-corrected chi connectivity index (χ1v) is 4.72. The van der Waals surface area contributed by atoms with Gasteiger partial charge in [0.1, 0.15) is 5.25 Å². The monoisotopic (exact) mass is 188 g/mol. The molecule has 1 atom stereocenters. The Morgan fingerprint density at radius 2 is 2.25 bits per heavy atom. The van der Waals surface area contributed by atoms with Crippen LogP contribution in [0.1, 0.15) is 13.8 Å². The first-order chi connectivity index (χ1) is 5.59. The highest BCUT2D eigenvalue weighted by molar-refractivity contribution is 8.15. The number of hydrogen-bond donors (Lipinski definition) is 2. The first-order valence-electron chi connectivity index (χ1n) is 3.84. The van der Waals surface area contributed by atoms with Crippen molar-refractivity contribution in [2.75, 3.05) is 6.54 Å². The van der Waals surface area contributed by atoms with Crippen LogP contribution in [0.2, 0.25) is 0 Å². The Morgan fingerprint density at radius 1 is 1.58 bits per heavy atom. The van der Waals surface area contributed by atoms with Crippen LogP contribution >= 0.6 is 11.8 Å². The number of hydrogen-bond acceptors (Lipinski definition) is 4. The maximum absolute atomic E-state index is 11.0. The van der Waals surface area contributed by atoms with Gasteiger partial charge in [-0.05, 0) is 11.8 Å². The molecule has 68 valence electrons. The number of amides is 2. The molecule has 1 fully saturated rings. The van der Waals surface area contributed by atoms with Gasteiger partial charge in [0.25, 0.3) is 5.24 Å². The molecule has 0 aromatic rings. The molecular formula is C7H12N2O2S. The number of nitrogens with one attached hydrogen (secondary N) is 2. The summed E-state index contributed by atoms with van der Waals surface area (Å²) < 4.78 is 0. The number of carbonyl (C=O) groups is 2. The Balaban J connectivity index is 2.33. The molecule has 1 aliphatic rings. The summed E-state index contributed by atoms with van der Waals surface area (Å²) in [5, 5.41) is 4.85. The fourth-order valence-corrected chi connectivity index (χ4v) is 1.63. The maximum atomic E-state index is 11.0. The Morgan fingerprint density at radius 3 is 2.67 bits per heavy atom. The van der Waals surface area contributed by atoms with Gasteiger partial charge in [-0.15, -0.1) is 0 Å². The van der Waals surface area contributed by atoms with Gasteiger partial charge >= 0.3 is 0 Å². The summed E-state index contributed by atoms with van der Waals surface area (Å²) in [6.45, 7) is 4.55. The van der Waals surface area contributed by atoms with Crippen LogP contribution in [0.4, 0.5) is 4.79 Å². The van der Waals surface area contributed by atoms with Crippen LogP contribution in [0, 0.1) is 0 Å². The first kappa shape index (κ1) is 9.54. The van der Waals surface area contributed by atoms with Gasteiger partial charge in [-0.3, -0.25) is 14.9 Å². The minimum Gasteiger partial charge on any atom is -0.313 e. The zero-order valence-electron chi connectivity index (χ0n) is 7.09. The standard InChI is InChI=1S/C7H12N2O2S/c1-4(2)8-3-5-6(10)9-7(11)12-5/h4-5,8H,3H2,1-2H3,(H,9,10,11). The van der Waals surface area contributed by atoms with E-state index >= 15 is 0 Å². The molecule has 2 N–H and O–H groups in total. The highest BCUT2D eigenvalue weighted by atomic mass is 32.2. The van der Waals surface area contributed by atoms with Crippen LogP contribution in [0.5, 0.6) is 0 Å². The zero-order chi connectivity index (χ0) is 9.14. The summed E-state index contributed by atoms with van der Waals surface area (Å²) in [6, 6.07) is 0.342. The van der Waals surface area contributed by atoms with Crippen molar-refractivity contribution >= 4 is 22.9 Å². The fourth-order valence-electron chi connectivity index (χ4n) is 0.870. The summed E-state index contributed by atoms with van der Waals surface area (Å²) in [5.74, 6) is -0.182. The normalized spacial score (nSPS) is 23.4. The van der Waals surface area contributed by atoms with E-state index in [1.165, 1.54) is 0 Å². The summed E-state index contributed by atoms with van der Waals surface area (Å²) in [4.78, 5) is 21.7. The van der Waals surface area contributed by atoms with Gasteiger partial charge in [-0.25, -0.2) is 0 Å². The zero-order valence-corrected chi connectivity index (χ0v) is 7.90. The van der Waals surface area contributed by atoms with Gasteiger partial charge in [0, 0.05) is 12.6 Å². The smallest absolute Gasteiger partial charge is 0.286 e. The summed E-state index contributed by atoms with van der Waals surface area (Å²) in [6.07, 6.45) is 0. The molecule has 0 aromatic heterocycles. The summed E-state index contributed by atoms with van der Waals surface area (Å²) in [7, 11) is 0. The van der Waals surface area contributed by atoms with Crippen LogP contribution in [-0.2, 0) is 4.79 Å². The quantitative estimate of drug-likeness (QED) is 0.670. The van der Waals surface area contributed by atoms with E-state index in [9.17, 15) is 9.59 Å². The second-order valence-corrected chi connectivity index (χ2v) is 4.12. The highest BCUT2D eigenvalue weighted by Gasteiger charge is 2.30. The van der Waals surface area contributed by atoms with E-state index in [-0.39, 0.29) is 16.4 Å². The molecule has 5 heteroatoms. The Labute approximate surface area is 75.5 Å². The lowest BCUT2D eigenvalue weighted by Crippen LogP contribution is -2.35. The molecule has 0 bridgehead atoms. The van der Waals surface area contributed by atoms with Gasteiger partial charge in [-0.2, -0.15) is 0 Å². The molecule has 0 aromatic carbocycles. The van der Waals surface area contributed by atoms with Crippen molar-refractivity contribution < 1.29 is 9.59 Å². The van der Waals surface area contributed by atoms with E-state index in [2.05, 4.69) is 10.6 Å². The second-order valence-electron chi connectivity index (χ2n) is 2.95. The van der Waals surface area contributed by atoms with E-state index in [1.54, 1.807) is 0 Å². The topological polar surface area (TPSA) is 58.2 Å². The number of imide groups is 1. The highest BCUT2D eigenvalue weighted by Crippen LogP contribution is 2.17. The number of rotatable bonds is 3. The molecule has 0 radical (unpaired) electrons. The predicted molar refractivity (Wildman–Crippen MR) is 48.1 cm³/mol. The Hall–Kier alpha value is -0.550. The molecule has 1 saturated heterocycles. The lowest BCUT2D eigenvalue weighted by atomic mass is 10.3. The van der Waals surface area contributed by atoms with Crippen LogP contribution in [0.25, 0.3) is 0 Å². The van der Waals surface area contributed by atoms with Crippen molar-refractivity contribution in [1.29, 1.82) is 0 Å². The Kier molecular flexibility index (Phi) is 3.11. The van der Waals surface area contributed by atoms with E-state index in [4.69, 9.17) is 0 Å². The van der Waals surface area contributed by atoms with E-state index in [1.807, 2.05) is 13.8 Å². The third-order valence-corrected chi connectivity index (χ3v) is 2.46. The van der Waals surface area contributed by atoms with E-state index in [0.29, 0.717) is 12.6 Å². The minimum atomic E-state index is -0.250. The summed E-state index contributed by atoms with van der Waals surface area (Å²) in [5.41, 5.74) is 0. The van der Waals surface area contributed by atoms with Crippen molar-refractivity contribution in [2.45, 2.75) is 25.1 Å². The number of carbonyl (C=O) groups excluding carboxylic acids is 2. The van der Waals surface area contributed by atoms with Crippen molar-refractivity contribution in [2.24, 2.45) is 0 Å².